The van der Waals surface area contributed by atoms with Gasteiger partial charge >= 0.3 is 0 Å². The van der Waals surface area contributed by atoms with Gasteiger partial charge in [0.2, 0.25) is 5.91 Å². The summed E-state index contributed by atoms with van der Waals surface area (Å²) in [4.78, 5) is 14.6. The average molecular weight is 379 g/mol. The zero-order valence-electron chi connectivity index (χ0n) is 15.6. The van der Waals surface area contributed by atoms with Crippen molar-refractivity contribution in [1.82, 2.24) is 20.6 Å². The number of fused-ring (bicyclic) bond motifs is 1. The molecule has 0 spiro atoms. The fourth-order valence-corrected chi connectivity index (χ4v) is 3.14. The molecule has 2 aromatic carbocycles. The number of hydrogen-bond donors (Lipinski definition) is 1. The number of anilines is 1. The minimum absolute atomic E-state index is 0.0604. The fraction of sp³-hybridized carbons (Fsp3) is 0.300. The normalized spacial score (nSPS) is 12.6. The van der Waals surface area contributed by atoms with Crippen LogP contribution < -0.4 is 14.4 Å². The van der Waals surface area contributed by atoms with Gasteiger partial charge in [0.25, 0.3) is 0 Å². The molecule has 28 heavy (non-hydrogen) atoms. The zero-order valence-corrected chi connectivity index (χ0v) is 15.6. The molecular weight excluding hydrogens is 358 g/mol. The van der Waals surface area contributed by atoms with E-state index in [0.717, 1.165) is 29.0 Å². The van der Waals surface area contributed by atoms with Gasteiger partial charge in [-0.25, -0.2) is 5.10 Å². The Bertz CT molecular complexity index is 958. The number of aromatic amines is 1. The molecule has 0 atom stereocenters. The Hall–Kier alpha value is -3.42. The van der Waals surface area contributed by atoms with E-state index in [1.54, 1.807) is 4.90 Å². The van der Waals surface area contributed by atoms with Crippen molar-refractivity contribution in [2.75, 3.05) is 18.1 Å². The van der Waals surface area contributed by atoms with Gasteiger partial charge in [-0.3, -0.25) is 4.79 Å². The molecule has 1 N–H and O–H groups in total. The Balaban J connectivity index is 1.64. The Morgan fingerprint density at radius 1 is 1.14 bits per heavy atom. The number of rotatable bonds is 6. The molecule has 1 aromatic heterocycles. The second kappa shape index (κ2) is 8.08. The Kier molecular flexibility index (Phi) is 5.18. The first-order chi connectivity index (χ1) is 13.7. The van der Waals surface area contributed by atoms with Crippen LogP contribution in [0.25, 0.3) is 11.4 Å². The molecule has 0 fully saturated rings. The van der Waals surface area contributed by atoms with Crippen LogP contribution in [0.5, 0.6) is 11.5 Å². The summed E-state index contributed by atoms with van der Waals surface area (Å²) >= 11 is 0. The van der Waals surface area contributed by atoms with Crippen LogP contribution >= 0.6 is 0 Å². The van der Waals surface area contributed by atoms with Crippen LogP contribution in [0.15, 0.2) is 42.5 Å². The van der Waals surface area contributed by atoms with Gasteiger partial charge in [-0.05, 0) is 46.7 Å². The van der Waals surface area contributed by atoms with Crippen molar-refractivity contribution in [2.45, 2.75) is 26.3 Å². The van der Waals surface area contributed by atoms with Gasteiger partial charge in [-0.15, -0.1) is 5.10 Å². The molecule has 2 heterocycles. The highest BCUT2D eigenvalue weighted by Crippen LogP contribution is 2.32. The molecule has 0 unspecified atom stereocenters. The van der Waals surface area contributed by atoms with E-state index in [-0.39, 0.29) is 5.91 Å². The lowest BCUT2D eigenvalue weighted by atomic mass is 10.1. The lowest BCUT2D eigenvalue weighted by Gasteiger charge is -2.25. The Morgan fingerprint density at radius 2 is 2.00 bits per heavy atom. The number of nitrogens with zero attached hydrogens (tertiary/aromatic N) is 4. The van der Waals surface area contributed by atoms with Gasteiger partial charge in [0, 0.05) is 17.7 Å². The highest BCUT2D eigenvalue weighted by molar-refractivity contribution is 5.93. The van der Waals surface area contributed by atoms with Crippen molar-refractivity contribution in [2.24, 2.45) is 0 Å². The SMILES string of the molecule is CCCC(=O)N(Cc1ccc2c(c1)OCCO2)c1cccc(-c2nnn[nH]2)c1. The Labute approximate surface area is 162 Å². The topological polar surface area (TPSA) is 93.2 Å². The van der Waals surface area contributed by atoms with Crippen molar-refractivity contribution in [1.29, 1.82) is 0 Å². The van der Waals surface area contributed by atoms with Gasteiger partial charge in [-0.1, -0.05) is 25.1 Å². The number of carbonyl (C=O) groups is 1. The van der Waals surface area contributed by atoms with E-state index in [2.05, 4.69) is 20.6 Å². The molecule has 144 valence electrons. The third kappa shape index (κ3) is 3.80. The molecule has 1 aliphatic heterocycles. The Morgan fingerprint density at radius 3 is 2.79 bits per heavy atom. The molecule has 8 heteroatoms. The van der Waals surface area contributed by atoms with E-state index < -0.39 is 0 Å². The van der Waals surface area contributed by atoms with E-state index in [1.165, 1.54) is 0 Å². The molecule has 0 saturated carbocycles. The van der Waals surface area contributed by atoms with Crippen molar-refractivity contribution < 1.29 is 14.3 Å². The summed E-state index contributed by atoms with van der Waals surface area (Å²) in [5, 5.41) is 13.9. The summed E-state index contributed by atoms with van der Waals surface area (Å²) in [7, 11) is 0. The van der Waals surface area contributed by atoms with Gasteiger partial charge in [0.15, 0.2) is 17.3 Å². The maximum Gasteiger partial charge on any atom is 0.227 e. The molecule has 0 saturated heterocycles. The third-order valence-electron chi connectivity index (χ3n) is 4.49. The molecule has 0 bridgehead atoms. The first-order valence-corrected chi connectivity index (χ1v) is 9.27. The first kappa shape index (κ1) is 18.0. The van der Waals surface area contributed by atoms with E-state index in [4.69, 9.17) is 9.47 Å². The van der Waals surface area contributed by atoms with Crippen LogP contribution in [0.1, 0.15) is 25.3 Å². The van der Waals surface area contributed by atoms with E-state index >= 15 is 0 Å². The zero-order chi connectivity index (χ0) is 19.3. The quantitative estimate of drug-likeness (QED) is 0.708. The average Bonchev–Trinajstić information content (AvgIpc) is 3.27. The van der Waals surface area contributed by atoms with E-state index in [9.17, 15) is 4.79 Å². The molecule has 1 amide bonds. The predicted octanol–water partition coefficient (Wildman–Crippen LogP) is 2.97. The number of nitrogens with one attached hydrogen (secondary N) is 1. The van der Waals surface area contributed by atoms with Crippen LogP contribution in [-0.2, 0) is 11.3 Å². The molecule has 3 aromatic rings. The number of amides is 1. The van der Waals surface area contributed by atoms with Gasteiger partial charge in [-0.2, -0.15) is 0 Å². The largest absolute Gasteiger partial charge is 0.486 e. The van der Waals surface area contributed by atoms with Crippen molar-refractivity contribution in [3.05, 3.63) is 48.0 Å². The number of tetrazole rings is 1. The molecule has 0 radical (unpaired) electrons. The third-order valence-corrected chi connectivity index (χ3v) is 4.49. The molecule has 0 aliphatic carbocycles. The minimum Gasteiger partial charge on any atom is -0.486 e. The summed E-state index contributed by atoms with van der Waals surface area (Å²) in [5.74, 6) is 2.07. The number of benzene rings is 2. The number of H-pyrrole nitrogens is 1. The van der Waals surface area contributed by atoms with Crippen molar-refractivity contribution in [3.63, 3.8) is 0 Å². The van der Waals surface area contributed by atoms with Crippen molar-refractivity contribution in [3.8, 4) is 22.9 Å². The molecule has 1 aliphatic rings. The highest BCUT2D eigenvalue weighted by atomic mass is 16.6. The standard InChI is InChI=1S/C20H21N5O3/c1-2-4-19(26)25(13-14-7-8-17-18(11-14)28-10-9-27-17)16-6-3-5-15(12-16)20-21-23-24-22-20/h3,5-8,11-12H,2,4,9-10,13H2,1H3,(H,21,22,23,24). The monoisotopic (exact) mass is 379 g/mol. The fourth-order valence-electron chi connectivity index (χ4n) is 3.14. The van der Waals surface area contributed by atoms with Gasteiger partial charge in [0.05, 0.1) is 6.54 Å². The smallest absolute Gasteiger partial charge is 0.227 e. The minimum atomic E-state index is 0.0604. The number of ether oxygens (including phenoxy) is 2. The van der Waals surface area contributed by atoms with E-state index in [0.29, 0.717) is 37.8 Å². The lowest BCUT2D eigenvalue weighted by Crippen LogP contribution is -2.30. The van der Waals surface area contributed by atoms with Crippen LogP contribution in [0.3, 0.4) is 0 Å². The van der Waals surface area contributed by atoms with Crippen LogP contribution in [0.2, 0.25) is 0 Å². The van der Waals surface area contributed by atoms with Gasteiger partial charge < -0.3 is 14.4 Å². The predicted molar refractivity (Wildman–Crippen MR) is 103 cm³/mol. The van der Waals surface area contributed by atoms with Crippen LogP contribution in [-0.4, -0.2) is 39.7 Å². The summed E-state index contributed by atoms with van der Waals surface area (Å²) in [5.41, 5.74) is 2.58. The summed E-state index contributed by atoms with van der Waals surface area (Å²) in [6.07, 6.45) is 1.25. The highest BCUT2D eigenvalue weighted by Gasteiger charge is 2.19. The van der Waals surface area contributed by atoms with Crippen LogP contribution in [0.4, 0.5) is 5.69 Å². The maximum atomic E-state index is 12.9. The maximum absolute atomic E-state index is 12.9. The number of hydrogen-bond acceptors (Lipinski definition) is 6. The lowest BCUT2D eigenvalue weighted by molar-refractivity contribution is -0.118. The van der Waals surface area contributed by atoms with E-state index in [1.807, 2.05) is 49.4 Å². The molecule has 4 rings (SSSR count). The molecule has 8 nitrogen and oxygen atoms in total. The summed E-state index contributed by atoms with van der Waals surface area (Å²) in [6.45, 7) is 3.52. The first-order valence-electron chi connectivity index (χ1n) is 9.27. The van der Waals surface area contributed by atoms with Gasteiger partial charge in [0.1, 0.15) is 13.2 Å². The summed E-state index contributed by atoms with van der Waals surface area (Å²) in [6, 6.07) is 13.4. The molecular formula is C20H21N5O3. The van der Waals surface area contributed by atoms with Crippen molar-refractivity contribution >= 4 is 11.6 Å². The summed E-state index contributed by atoms with van der Waals surface area (Å²) < 4.78 is 11.3. The number of aromatic nitrogens is 4. The van der Waals surface area contributed by atoms with Crippen LogP contribution in [0, 0.1) is 0 Å². The number of carbonyl (C=O) groups excluding carboxylic acids is 1. The second-order valence-corrected chi connectivity index (χ2v) is 6.51. The second-order valence-electron chi connectivity index (χ2n) is 6.51.